The first-order valence-corrected chi connectivity index (χ1v) is 8.37. The molecule has 0 aromatic carbocycles. The van der Waals surface area contributed by atoms with E-state index in [0.717, 1.165) is 56.3 Å². The van der Waals surface area contributed by atoms with Crippen LogP contribution in [0.1, 0.15) is 18.4 Å². The van der Waals surface area contributed by atoms with Crippen molar-refractivity contribution in [3.63, 3.8) is 0 Å². The minimum atomic E-state index is -0.211. The highest BCUT2D eigenvalue weighted by molar-refractivity contribution is 5.63. The zero-order valence-corrected chi connectivity index (χ0v) is 12.9. The predicted octanol–water partition coefficient (Wildman–Crippen LogP) is 0.902. The molecule has 1 aliphatic carbocycles. The van der Waals surface area contributed by atoms with Gasteiger partial charge in [-0.05, 0) is 18.9 Å². The minimum Gasteiger partial charge on any atom is -0.390 e. The second-order valence-corrected chi connectivity index (χ2v) is 6.62. The van der Waals surface area contributed by atoms with Gasteiger partial charge in [-0.3, -0.25) is 4.90 Å². The van der Waals surface area contributed by atoms with Gasteiger partial charge in [0.2, 0.25) is 5.88 Å². The number of nitrogens with zero attached hydrogens (tertiary/aromatic N) is 3. The van der Waals surface area contributed by atoms with Gasteiger partial charge >= 0.3 is 0 Å². The molecule has 2 N–H and O–H groups in total. The number of halogens is 1. The van der Waals surface area contributed by atoms with E-state index in [2.05, 4.69) is 15.7 Å². The monoisotopic (exact) mass is 317 g/mol. The van der Waals surface area contributed by atoms with Crippen molar-refractivity contribution in [2.45, 2.75) is 25.3 Å². The van der Waals surface area contributed by atoms with E-state index in [1.807, 2.05) is 4.90 Å². The van der Waals surface area contributed by atoms with Crippen molar-refractivity contribution in [2.24, 2.45) is 0 Å². The second kappa shape index (κ2) is 5.07. The zero-order valence-electron chi connectivity index (χ0n) is 12.9. The van der Waals surface area contributed by atoms with Crippen LogP contribution in [0.3, 0.4) is 0 Å². The first kappa shape index (κ1) is 13.6. The molecule has 6 nitrogen and oxygen atoms in total. The van der Waals surface area contributed by atoms with Crippen LogP contribution < -0.4 is 20.6 Å². The Morgan fingerprint density at radius 2 is 2.04 bits per heavy atom. The van der Waals surface area contributed by atoms with Crippen molar-refractivity contribution in [3.05, 3.63) is 28.9 Å². The fourth-order valence-electron chi connectivity index (χ4n) is 3.64. The average Bonchev–Trinajstić information content (AvgIpc) is 3.30. The smallest absolute Gasteiger partial charge is 0.221 e. The molecule has 0 amide bonds. The van der Waals surface area contributed by atoms with Crippen LogP contribution in [0.2, 0.25) is 0 Å². The highest BCUT2D eigenvalue weighted by Crippen LogP contribution is 2.43. The van der Waals surface area contributed by atoms with E-state index in [4.69, 9.17) is 9.82 Å². The van der Waals surface area contributed by atoms with Crippen LogP contribution >= 0.6 is 0 Å². The normalized spacial score (nSPS) is 23.7. The molecule has 1 aromatic rings. The van der Waals surface area contributed by atoms with Gasteiger partial charge in [-0.1, -0.05) is 0 Å². The molecule has 4 heterocycles. The molecule has 2 fully saturated rings. The molecule has 0 atom stereocenters. The molecular weight excluding hydrogens is 297 g/mol. The van der Waals surface area contributed by atoms with Crippen molar-refractivity contribution in [2.75, 3.05) is 42.5 Å². The van der Waals surface area contributed by atoms with E-state index in [9.17, 15) is 4.39 Å². The Hall–Kier alpha value is -1.86. The molecule has 1 saturated carbocycles. The molecule has 122 valence electrons. The number of aromatic nitrogens is 1. The summed E-state index contributed by atoms with van der Waals surface area (Å²) >= 11 is 0. The Morgan fingerprint density at radius 1 is 1.22 bits per heavy atom. The highest BCUT2D eigenvalue weighted by atomic mass is 19.1. The molecule has 0 spiro atoms. The first-order valence-electron chi connectivity index (χ1n) is 8.37. The number of hydrogen-bond donors (Lipinski definition) is 2. The Bertz CT molecular complexity index is 681. The summed E-state index contributed by atoms with van der Waals surface area (Å²) in [5, 5.41) is 3.30. The van der Waals surface area contributed by atoms with Crippen LogP contribution in [0.4, 0.5) is 16.0 Å². The molecule has 0 unspecified atom stereocenters. The van der Waals surface area contributed by atoms with Gasteiger partial charge in [-0.2, -0.15) is 5.48 Å². The summed E-state index contributed by atoms with van der Waals surface area (Å²) in [7, 11) is 0. The molecule has 7 heteroatoms. The summed E-state index contributed by atoms with van der Waals surface area (Å²) in [6, 6.07) is 2.12. The largest absolute Gasteiger partial charge is 0.390 e. The minimum absolute atomic E-state index is 0.211. The zero-order chi connectivity index (χ0) is 15.4. The molecule has 0 bridgehead atoms. The third kappa shape index (κ3) is 2.18. The molecule has 4 aliphatic rings. The lowest BCUT2D eigenvalue weighted by atomic mass is 10.0. The van der Waals surface area contributed by atoms with Crippen molar-refractivity contribution in [1.29, 1.82) is 0 Å². The summed E-state index contributed by atoms with van der Waals surface area (Å²) in [6.45, 7) is 4.02. The Balaban J connectivity index is 1.58. The van der Waals surface area contributed by atoms with E-state index < -0.39 is 0 Å². The van der Waals surface area contributed by atoms with Crippen LogP contribution in [0.15, 0.2) is 17.5 Å². The second-order valence-electron chi connectivity index (χ2n) is 6.62. The fourth-order valence-corrected chi connectivity index (χ4v) is 3.64. The van der Waals surface area contributed by atoms with Gasteiger partial charge in [0.05, 0.1) is 6.54 Å². The van der Waals surface area contributed by atoms with Crippen molar-refractivity contribution < 1.29 is 9.23 Å². The third-order valence-electron chi connectivity index (χ3n) is 4.95. The van der Waals surface area contributed by atoms with E-state index in [-0.39, 0.29) is 5.82 Å². The quantitative estimate of drug-likeness (QED) is 0.845. The van der Waals surface area contributed by atoms with Gasteiger partial charge in [0, 0.05) is 49.8 Å². The van der Waals surface area contributed by atoms with Crippen LogP contribution in [-0.2, 0) is 11.3 Å². The third-order valence-corrected chi connectivity index (χ3v) is 4.95. The topological polar surface area (TPSA) is 52.7 Å². The molecule has 1 aromatic heterocycles. The number of fused-ring (bicyclic) bond motifs is 1. The average molecular weight is 317 g/mol. The Kier molecular flexibility index (Phi) is 2.99. The molecule has 1 saturated heterocycles. The van der Waals surface area contributed by atoms with Crippen LogP contribution in [0.25, 0.3) is 0 Å². The highest BCUT2D eigenvalue weighted by Gasteiger charge is 2.41. The van der Waals surface area contributed by atoms with E-state index in [1.165, 1.54) is 5.57 Å². The number of hydroxylamine groups is 1. The molecule has 5 rings (SSSR count). The van der Waals surface area contributed by atoms with E-state index >= 15 is 0 Å². The lowest BCUT2D eigenvalue weighted by Crippen LogP contribution is -2.44. The number of rotatable bonds is 2. The molecular formula is C16H20FN5O. The predicted molar refractivity (Wildman–Crippen MR) is 84.6 cm³/mol. The SMILES string of the molecule is Fc1cc2c(nc1N1CCNCC1)N(C1CC1)C1=C(CNO1)C2. The first-order chi connectivity index (χ1) is 11.3. The van der Waals surface area contributed by atoms with Gasteiger partial charge in [-0.15, -0.1) is 0 Å². The van der Waals surface area contributed by atoms with E-state index in [0.29, 0.717) is 24.8 Å². The maximum absolute atomic E-state index is 14.6. The van der Waals surface area contributed by atoms with Crippen molar-refractivity contribution >= 4 is 11.6 Å². The number of piperazine rings is 1. The standard InChI is InChI=1S/C16H20FN5O/c17-13-8-10-7-11-9-19-23-16(11)22(12-1-2-12)14(10)20-15(13)21-5-3-18-4-6-21/h8,12,18-19H,1-7,9H2. The van der Waals surface area contributed by atoms with Gasteiger partial charge < -0.3 is 15.1 Å². The van der Waals surface area contributed by atoms with Crippen molar-refractivity contribution in [1.82, 2.24) is 15.8 Å². The van der Waals surface area contributed by atoms with Crippen LogP contribution in [0, 0.1) is 5.82 Å². The van der Waals surface area contributed by atoms with Crippen LogP contribution in [-0.4, -0.2) is 43.7 Å². The number of pyridine rings is 1. The Morgan fingerprint density at radius 3 is 2.83 bits per heavy atom. The number of anilines is 2. The number of hydrogen-bond acceptors (Lipinski definition) is 6. The van der Waals surface area contributed by atoms with Crippen LogP contribution in [0.5, 0.6) is 0 Å². The number of nitrogens with one attached hydrogen (secondary N) is 2. The lowest BCUT2D eigenvalue weighted by molar-refractivity contribution is 0.132. The van der Waals surface area contributed by atoms with Gasteiger partial charge in [0.15, 0.2) is 11.6 Å². The van der Waals surface area contributed by atoms with Gasteiger partial charge in [0.25, 0.3) is 0 Å². The molecule has 0 radical (unpaired) electrons. The summed E-state index contributed by atoms with van der Waals surface area (Å²) < 4.78 is 14.6. The van der Waals surface area contributed by atoms with Gasteiger partial charge in [0.1, 0.15) is 5.82 Å². The molecule has 3 aliphatic heterocycles. The summed E-state index contributed by atoms with van der Waals surface area (Å²) in [4.78, 5) is 14.6. The maximum atomic E-state index is 14.6. The lowest BCUT2D eigenvalue weighted by Gasteiger charge is -2.33. The van der Waals surface area contributed by atoms with Gasteiger partial charge in [-0.25, -0.2) is 9.37 Å². The summed E-state index contributed by atoms with van der Waals surface area (Å²) in [5.74, 6) is 2.04. The summed E-state index contributed by atoms with van der Waals surface area (Å²) in [5.41, 5.74) is 5.11. The summed E-state index contributed by atoms with van der Waals surface area (Å²) in [6.07, 6.45) is 3.00. The Labute approximate surface area is 134 Å². The molecule has 23 heavy (non-hydrogen) atoms. The maximum Gasteiger partial charge on any atom is 0.221 e. The fraction of sp³-hybridized carbons (Fsp3) is 0.562. The van der Waals surface area contributed by atoms with E-state index in [1.54, 1.807) is 6.07 Å². The van der Waals surface area contributed by atoms with Crippen molar-refractivity contribution in [3.8, 4) is 0 Å².